The third-order valence-electron chi connectivity index (χ3n) is 0.885. The SMILES string of the molecule is O=S([O-])[O-].c1c[nH+]c[nH]1.c1c[nH+]c[nH]1. The standard InChI is InChI=1S/2C3H4N2.H2O3S/c2*1-2-5-3-4-1;1-4(2)3/h2*1-3H,(H,4,5);(H2,1,2,3). The fourth-order valence-electron chi connectivity index (χ4n) is 0.481. The molecule has 7 nitrogen and oxygen atoms in total. The van der Waals surface area contributed by atoms with Gasteiger partial charge in [-0.2, -0.15) is 0 Å². The summed E-state index contributed by atoms with van der Waals surface area (Å²) >= 11 is -3.11. The summed E-state index contributed by atoms with van der Waals surface area (Å²) in [6.45, 7) is 0. The fraction of sp³-hybridized carbons (Fsp3) is 0. The van der Waals surface area contributed by atoms with E-state index in [4.69, 9.17) is 13.3 Å². The monoisotopic (exact) mass is 218 g/mol. The lowest BCUT2D eigenvalue weighted by atomic mass is 11.0. The van der Waals surface area contributed by atoms with Crippen molar-refractivity contribution in [3.63, 3.8) is 0 Å². The summed E-state index contributed by atoms with van der Waals surface area (Å²) in [6.07, 6.45) is 10.8. The smallest absolute Gasteiger partial charge is 0.239 e. The van der Waals surface area contributed by atoms with Gasteiger partial charge in [0.15, 0.2) is 0 Å². The molecule has 2 aromatic rings. The van der Waals surface area contributed by atoms with Crippen LogP contribution in [-0.4, -0.2) is 23.3 Å². The topological polar surface area (TPSA) is 123 Å². The summed E-state index contributed by atoms with van der Waals surface area (Å²) < 4.78 is 25.3. The first kappa shape index (κ1) is 12.5. The van der Waals surface area contributed by atoms with Crippen LogP contribution < -0.4 is 9.97 Å². The second-order valence-corrected chi connectivity index (χ2v) is 2.23. The number of imidazole rings is 2. The van der Waals surface area contributed by atoms with Gasteiger partial charge in [0.2, 0.25) is 12.7 Å². The van der Waals surface area contributed by atoms with Gasteiger partial charge in [0, 0.05) is 0 Å². The van der Waals surface area contributed by atoms with Gasteiger partial charge in [-0.05, 0) is 0 Å². The van der Waals surface area contributed by atoms with Crippen molar-refractivity contribution in [2.75, 3.05) is 0 Å². The van der Waals surface area contributed by atoms with Crippen LogP contribution in [-0.2, 0) is 11.4 Å². The van der Waals surface area contributed by atoms with E-state index in [0.717, 1.165) is 0 Å². The van der Waals surface area contributed by atoms with Gasteiger partial charge >= 0.3 is 0 Å². The Morgan fingerprint density at radius 3 is 1.43 bits per heavy atom. The molecule has 78 valence electrons. The molecule has 0 radical (unpaired) electrons. The summed E-state index contributed by atoms with van der Waals surface area (Å²) in [4.78, 5) is 11.2. The molecule has 0 aliphatic carbocycles. The maximum absolute atomic E-state index is 8.44. The number of hydrogen-bond donors (Lipinski definition) is 2. The number of nitrogens with one attached hydrogen (secondary N) is 4. The number of H-pyrrole nitrogens is 4. The van der Waals surface area contributed by atoms with Crippen molar-refractivity contribution < 1.29 is 23.3 Å². The quantitative estimate of drug-likeness (QED) is 0.531. The fourth-order valence-corrected chi connectivity index (χ4v) is 0.481. The Kier molecular flexibility index (Phi) is 8.54. The zero-order valence-electron chi connectivity index (χ0n) is 7.10. The summed E-state index contributed by atoms with van der Waals surface area (Å²) in [5.41, 5.74) is 0. The molecular weight excluding hydrogens is 208 g/mol. The Hall–Kier alpha value is -1.51. The van der Waals surface area contributed by atoms with E-state index >= 15 is 0 Å². The van der Waals surface area contributed by atoms with E-state index in [2.05, 4.69) is 19.9 Å². The van der Waals surface area contributed by atoms with Crippen LogP contribution in [0.1, 0.15) is 0 Å². The maximum Gasteiger partial charge on any atom is 0.239 e. The molecule has 0 saturated heterocycles. The highest BCUT2D eigenvalue weighted by Gasteiger charge is 1.65. The second-order valence-electron chi connectivity index (χ2n) is 1.83. The number of aromatic nitrogens is 4. The molecular formula is C6H10N4O3S. The first-order valence-electron chi connectivity index (χ1n) is 3.48. The molecule has 14 heavy (non-hydrogen) atoms. The molecule has 2 heterocycles. The molecule has 0 fully saturated rings. The Labute approximate surface area is 82.7 Å². The molecule has 0 spiro atoms. The minimum absolute atomic E-state index is 1.75. The van der Waals surface area contributed by atoms with Crippen LogP contribution in [0.4, 0.5) is 0 Å². The van der Waals surface area contributed by atoms with Crippen LogP contribution >= 0.6 is 0 Å². The Morgan fingerprint density at radius 2 is 1.36 bits per heavy atom. The molecule has 0 aliphatic rings. The van der Waals surface area contributed by atoms with Gasteiger partial charge in [-0.3, -0.25) is 24.1 Å². The van der Waals surface area contributed by atoms with E-state index in [1.165, 1.54) is 0 Å². The van der Waals surface area contributed by atoms with Crippen molar-refractivity contribution >= 4 is 11.4 Å². The van der Waals surface area contributed by atoms with E-state index in [-0.39, 0.29) is 0 Å². The van der Waals surface area contributed by atoms with Gasteiger partial charge in [-0.15, -0.1) is 11.4 Å². The van der Waals surface area contributed by atoms with Crippen LogP contribution in [0.15, 0.2) is 37.4 Å². The van der Waals surface area contributed by atoms with E-state index in [1.54, 1.807) is 12.7 Å². The van der Waals surface area contributed by atoms with Crippen molar-refractivity contribution in [1.29, 1.82) is 0 Å². The van der Waals surface area contributed by atoms with E-state index in [0.29, 0.717) is 0 Å². The van der Waals surface area contributed by atoms with Crippen LogP contribution in [0.2, 0.25) is 0 Å². The van der Waals surface area contributed by atoms with E-state index in [9.17, 15) is 0 Å². The summed E-state index contributed by atoms with van der Waals surface area (Å²) in [5, 5.41) is 0. The minimum Gasteiger partial charge on any atom is -0.784 e. The average Bonchev–Trinajstić information content (AvgIpc) is 2.83. The average molecular weight is 218 g/mol. The van der Waals surface area contributed by atoms with E-state index in [1.807, 2.05) is 24.8 Å². The molecule has 2 rings (SSSR count). The van der Waals surface area contributed by atoms with Crippen LogP contribution in [0, 0.1) is 0 Å². The van der Waals surface area contributed by atoms with Gasteiger partial charge < -0.3 is 9.11 Å². The third kappa shape index (κ3) is 13.1. The molecule has 0 bridgehead atoms. The summed E-state index contributed by atoms with van der Waals surface area (Å²) in [6, 6.07) is 0. The predicted octanol–water partition coefficient (Wildman–Crippen LogP) is -1.35. The van der Waals surface area contributed by atoms with Gasteiger partial charge in [-0.25, -0.2) is 0 Å². The lowest BCUT2D eigenvalue weighted by molar-refractivity contribution is -0.376. The molecule has 0 amide bonds. The van der Waals surface area contributed by atoms with Gasteiger partial charge in [0.25, 0.3) is 0 Å². The van der Waals surface area contributed by atoms with E-state index < -0.39 is 11.4 Å². The first-order chi connectivity index (χ1) is 6.73. The van der Waals surface area contributed by atoms with Gasteiger partial charge in [-0.1, -0.05) is 0 Å². The van der Waals surface area contributed by atoms with Crippen LogP contribution in [0.3, 0.4) is 0 Å². The molecule has 0 aromatic carbocycles. The molecule has 4 N–H and O–H groups in total. The van der Waals surface area contributed by atoms with Crippen molar-refractivity contribution in [3.05, 3.63) is 37.4 Å². The Bertz CT molecular complexity index is 232. The molecule has 0 aliphatic heterocycles. The number of rotatable bonds is 0. The lowest BCUT2D eigenvalue weighted by Crippen LogP contribution is -1.87. The van der Waals surface area contributed by atoms with Crippen molar-refractivity contribution in [1.82, 2.24) is 9.97 Å². The van der Waals surface area contributed by atoms with Crippen molar-refractivity contribution in [3.8, 4) is 0 Å². The first-order valence-corrected chi connectivity index (χ1v) is 4.48. The largest absolute Gasteiger partial charge is 0.784 e. The van der Waals surface area contributed by atoms with Crippen LogP contribution in [0.5, 0.6) is 0 Å². The predicted molar refractivity (Wildman–Crippen MR) is 44.4 cm³/mol. The third-order valence-corrected chi connectivity index (χ3v) is 0.885. The highest BCUT2D eigenvalue weighted by Crippen LogP contribution is 1.54. The zero-order valence-corrected chi connectivity index (χ0v) is 7.91. The summed E-state index contributed by atoms with van der Waals surface area (Å²) in [5.74, 6) is 0. The Balaban J connectivity index is 0.000000183. The molecule has 0 unspecified atom stereocenters. The number of hydrogen-bond acceptors (Lipinski definition) is 3. The minimum atomic E-state index is -3.11. The van der Waals surface area contributed by atoms with Gasteiger partial charge in [0.1, 0.15) is 24.8 Å². The van der Waals surface area contributed by atoms with Gasteiger partial charge in [0.05, 0.1) is 0 Å². The molecule has 0 atom stereocenters. The Morgan fingerprint density at radius 1 is 1.00 bits per heavy atom. The summed E-state index contributed by atoms with van der Waals surface area (Å²) in [7, 11) is 0. The molecule has 2 aromatic heterocycles. The number of aromatic amines is 4. The van der Waals surface area contributed by atoms with Crippen LogP contribution in [0.25, 0.3) is 0 Å². The normalized spacial score (nSPS) is 8.21. The molecule has 8 heteroatoms. The zero-order chi connectivity index (χ0) is 10.6. The van der Waals surface area contributed by atoms with Crippen molar-refractivity contribution in [2.24, 2.45) is 0 Å². The maximum atomic E-state index is 8.44. The molecule has 0 saturated carbocycles. The second kappa shape index (κ2) is 9.58. The van der Waals surface area contributed by atoms with Crippen molar-refractivity contribution in [2.45, 2.75) is 0 Å². The highest BCUT2D eigenvalue weighted by molar-refractivity contribution is 7.72. The highest BCUT2D eigenvalue weighted by atomic mass is 32.2. The lowest BCUT2D eigenvalue weighted by Gasteiger charge is -2.03.